The van der Waals surface area contributed by atoms with E-state index in [0.29, 0.717) is 30.0 Å². The van der Waals surface area contributed by atoms with Crippen LogP contribution in [0, 0.1) is 18.8 Å². The third-order valence-corrected chi connectivity index (χ3v) is 7.81. The molecule has 2 aromatic heterocycles. The minimum atomic E-state index is -0.663. The van der Waals surface area contributed by atoms with Gasteiger partial charge in [-0.3, -0.25) is 4.79 Å². The number of ketones is 1. The number of aryl methyl sites for hydroxylation is 2. The maximum Gasteiger partial charge on any atom is 0.338 e. The summed E-state index contributed by atoms with van der Waals surface area (Å²) in [4.78, 5) is 39.6. The number of rotatable bonds is 4. The van der Waals surface area contributed by atoms with Gasteiger partial charge in [-0.25, -0.2) is 19.7 Å². The lowest BCUT2D eigenvalue weighted by Gasteiger charge is -2.51. The molecule has 0 aliphatic heterocycles. The number of ether oxygens (including phenoxy) is 1. The number of carbonyl (C=O) groups is 2. The predicted molar refractivity (Wildman–Crippen MR) is 133 cm³/mol. The number of Topliss-reactive ketones (excluding diaryl/α,β-unsaturated/α-hetero) is 1. The fraction of sp³-hybridized carbons (Fsp3) is 0.393. The van der Waals surface area contributed by atoms with Crippen LogP contribution in [0.25, 0.3) is 11.4 Å². The first-order valence-electron chi connectivity index (χ1n) is 12.3. The van der Waals surface area contributed by atoms with E-state index in [0.717, 1.165) is 47.3 Å². The fourth-order valence-electron chi connectivity index (χ4n) is 6.16. The molecule has 0 unspecified atom stereocenters. The van der Waals surface area contributed by atoms with Gasteiger partial charge >= 0.3 is 5.97 Å². The van der Waals surface area contributed by atoms with Crippen LogP contribution in [-0.2, 0) is 28.4 Å². The van der Waals surface area contributed by atoms with Gasteiger partial charge in [0.05, 0.1) is 48.0 Å². The molecule has 0 amide bonds. The van der Waals surface area contributed by atoms with Gasteiger partial charge in [0.1, 0.15) is 5.82 Å². The summed E-state index contributed by atoms with van der Waals surface area (Å²) in [7, 11) is 1.94. The van der Waals surface area contributed by atoms with Crippen molar-refractivity contribution in [3.8, 4) is 11.4 Å². The highest BCUT2D eigenvalue weighted by Gasteiger charge is 2.55. The number of aliphatic hydroxyl groups excluding tert-OH is 1. The van der Waals surface area contributed by atoms with Crippen LogP contribution >= 0.6 is 0 Å². The summed E-state index contributed by atoms with van der Waals surface area (Å²) in [6, 6.07) is 7.42. The van der Waals surface area contributed by atoms with Crippen molar-refractivity contribution in [2.24, 2.45) is 18.9 Å². The van der Waals surface area contributed by atoms with Crippen molar-refractivity contribution >= 4 is 11.8 Å². The highest BCUT2D eigenvalue weighted by Crippen LogP contribution is 2.56. The second-order valence-corrected chi connectivity index (χ2v) is 9.73. The molecular formula is C28H30N4O4. The van der Waals surface area contributed by atoms with Crippen molar-refractivity contribution in [2.75, 3.05) is 6.61 Å². The maximum atomic E-state index is 13.1. The number of fused-ring (bicyclic) bond motifs is 3. The smallest absolute Gasteiger partial charge is 0.338 e. The minimum absolute atomic E-state index is 0.0247. The van der Waals surface area contributed by atoms with Crippen molar-refractivity contribution < 1.29 is 19.4 Å². The highest BCUT2D eigenvalue weighted by molar-refractivity contribution is 5.99. The molecule has 0 bridgehead atoms. The van der Waals surface area contributed by atoms with E-state index in [1.165, 1.54) is 0 Å². The van der Waals surface area contributed by atoms with Crippen LogP contribution in [0.5, 0.6) is 0 Å². The zero-order chi connectivity index (χ0) is 25.6. The van der Waals surface area contributed by atoms with Gasteiger partial charge < -0.3 is 14.4 Å². The first-order valence-corrected chi connectivity index (χ1v) is 12.3. The quantitative estimate of drug-likeness (QED) is 0.333. The second kappa shape index (κ2) is 9.00. The normalized spacial score (nSPS) is 24.3. The summed E-state index contributed by atoms with van der Waals surface area (Å²) in [5, 5.41) is 10.1. The van der Waals surface area contributed by atoms with E-state index >= 15 is 0 Å². The number of aliphatic hydroxyl groups is 1. The van der Waals surface area contributed by atoms with E-state index < -0.39 is 5.41 Å². The van der Waals surface area contributed by atoms with Crippen LogP contribution in [0.3, 0.4) is 0 Å². The number of hydrogen-bond donors (Lipinski definition) is 1. The van der Waals surface area contributed by atoms with E-state index in [-0.39, 0.29) is 23.6 Å². The highest BCUT2D eigenvalue weighted by atomic mass is 16.5. The number of hydrogen-bond acceptors (Lipinski definition) is 7. The zero-order valence-corrected chi connectivity index (χ0v) is 21.0. The Labute approximate surface area is 210 Å². The molecule has 2 heterocycles. The summed E-state index contributed by atoms with van der Waals surface area (Å²) in [5.74, 6) is -0.0923. The Morgan fingerprint density at radius 2 is 2.03 bits per heavy atom. The molecule has 8 nitrogen and oxygen atoms in total. The lowest BCUT2D eigenvalue weighted by Crippen LogP contribution is -2.51. The average Bonchev–Trinajstić information content (AvgIpc) is 3.31. The number of aromatic nitrogens is 4. The topological polar surface area (TPSA) is 107 Å². The molecule has 2 aliphatic rings. The summed E-state index contributed by atoms with van der Waals surface area (Å²) >= 11 is 0. The van der Waals surface area contributed by atoms with Crippen molar-refractivity contribution in [1.29, 1.82) is 0 Å². The van der Waals surface area contributed by atoms with Gasteiger partial charge in [0.25, 0.3) is 0 Å². The van der Waals surface area contributed by atoms with E-state index in [9.17, 15) is 14.7 Å². The first kappa shape index (κ1) is 23.9. The lowest BCUT2D eigenvalue weighted by molar-refractivity contribution is -0.123. The van der Waals surface area contributed by atoms with Crippen LogP contribution in [0.1, 0.15) is 59.7 Å². The first-order chi connectivity index (χ1) is 17.3. The Hall–Kier alpha value is -3.81. The molecule has 0 saturated heterocycles. The van der Waals surface area contributed by atoms with Gasteiger partial charge in [0, 0.05) is 29.5 Å². The molecule has 186 valence electrons. The third kappa shape index (κ3) is 3.54. The maximum absolute atomic E-state index is 13.1. The molecule has 3 atom stereocenters. The number of imidazole rings is 1. The van der Waals surface area contributed by atoms with Crippen LogP contribution < -0.4 is 0 Å². The van der Waals surface area contributed by atoms with E-state index in [1.54, 1.807) is 31.6 Å². The van der Waals surface area contributed by atoms with Gasteiger partial charge in [-0.15, -0.1) is 0 Å². The molecule has 1 aromatic carbocycles. The summed E-state index contributed by atoms with van der Waals surface area (Å²) < 4.78 is 7.11. The SMILES string of the molecule is CCOC(=O)c1ccc([C@]23C/C(=C/O)C(=O)[C@@H](C)[C@@H]2CCc2c(-c4cncn4C)nc(C)nc23)cc1. The van der Waals surface area contributed by atoms with Crippen molar-refractivity contribution in [1.82, 2.24) is 19.5 Å². The van der Waals surface area contributed by atoms with Crippen molar-refractivity contribution in [3.05, 3.63) is 76.8 Å². The molecule has 5 rings (SSSR count). The number of benzene rings is 1. The fourth-order valence-corrected chi connectivity index (χ4v) is 6.16. The monoisotopic (exact) mass is 486 g/mol. The average molecular weight is 487 g/mol. The predicted octanol–water partition coefficient (Wildman–Crippen LogP) is 4.26. The number of carbonyl (C=O) groups excluding carboxylic acids is 2. The van der Waals surface area contributed by atoms with Crippen LogP contribution in [0.4, 0.5) is 0 Å². The Kier molecular flexibility index (Phi) is 5.98. The van der Waals surface area contributed by atoms with Crippen LogP contribution in [-0.4, -0.2) is 43.0 Å². The Morgan fingerprint density at radius 1 is 1.28 bits per heavy atom. The Bertz CT molecular complexity index is 1370. The van der Waals surface area contributed by atoms with E-state index in [1.807, 2.05) is 37.6 Å². The van der Waals surface area contributed by atoms with Gasteiger partial charge in [-0.2, -0.15) is 0 Å². The number of nitrogens with zero attached hydrogens (tertiary/aromatic N) is 4. The van der Waals surface area contributed by atoms with Gasteiger partial charge in [-0.05, 0) is 56.7 Å². The summed E-state index contributed by atoms with van der Waals surface area (Å²) in [6.45, 7) is 5.90. The third-order valence-electron chi connectivity index (χ3n) is 7.81. The van der Waals surface area contributed by atoms with Crippen LogP contribution in [0.2, 0.25) is 0 Å². The lowest BCUT2D eigenvalue weighted by atomic mass is 9.52. The zero-order valence-electron chi connectivity index (χ0n) is 21.0. The molecule has 3 aromatic rings. The molecule has 1 saturated carbocycles. The second-order valence-electron chi connectivity index (χ2n) is 9.73. The Morgan fingerprint density at radius 3 is 2.67 bits per heavy atom. The molecule has 36 heavy (non-hydrogen) atoms. The molecule has 0 radical (unpaired) electrons. The largest absolute Gasteiger partial charge is 0.515 e. The van der Waals surface area contributed by atoms with Crippen molar-refractivity contribution in [3.63, 3.8) is 0 Å². The molecule has 1 N–H and O–H groups in total. The van der Waals surface area contributed by atoms with Crippen LogP contribution in [0.15, 0.2) is 48.6 Å². The Balaban J connectivity index is 1.77. The molecule has 8 heteroatoms. The number of esters is 1. The van der Waals surface area contributed by atoms with Gasteiger partial charge in [0.15, 0.2) is 5.78 Å². The van der Waals surface area contributed by atoms with Gasteiger partial charge in [0.2, 0.25) is 0 Å². The van der Waals surface area contributed by atoms with E-state index in [2.05, 4.69) is 4.98 Å². The molecule has 1 fully saturated rings. The van der Waals surface area contributed by atoms with Crippen molar-refractivity contribution in [2.45, 2.75) is 45.4 Å². The molecule has 2 aliphatic carbocycles. The standard InChI is InChI=1S/C28H30N4O4/c1-5-36-27(35)18-6-8-20(9-7-18)28-12-19(14-33)25(34)16(2)22(28)11-10-21-24(23-13-29-15-32(23)4)30-17(3)31-26(21)28/h6-9,13-16,22,33H,5,10-12H2,1-4H3/b19-14-/t16-,22-,28+/m0/s1. The number of allylic oxidation sites excluding steroid dienone is 1. The molecular weight excluding hydrogens is 456 g/mol. The van der Waals surface area contributed by atoms with E-state index in [4.69, 9.17) is 14.7 Å². The minimum Gasteiger partial charge on any atom is -0.515 e. The summed E-state index contributed by atoms with van der Waals surface area (Å²) in [5.41, 5.74) is 4.81. The summed E-state index contributed by atoms with van der Waals surface area (Å²) in [6.07, 6.45) is 6.34. The van der Waals surface area contributed by atoms with Gasteiger partial charge in [-0.1, -0.05) is 19.1 Å². The molecule has 0 spiro atoms.